The van der Waals surface area contributed by atoms with Crippen molar-refractivity contribution >= 4 is 17.2 Å². The summed E-state index contributed by atoms with van der Waals surface area (Å²) in [6.45, 7) is 4.00. The van der Waals surface area contributed by atoms with Crippen LogP contribution in [0, 0.1) is 11.6 Å². The van der Waals surface area contributed by atoms with Gasteiger partial charge in [0.15, 0.2) is 0 Å². The number of thiophene rings is 1. The van der Waals surface area contributed by atoms with Gasteiger partial charge >= 0.3 is 0 Å². The van der Waals surface area contributed by atoms with Gasteiger partial charge < -0.3 is 9.64 Å². The highest BCUT2D eigenvalue weighted by molar-refractivity contribution is 7.12. The number of hydrogen-bond acceptors (Lipinski definition) is 4. The molecular weight excluding hydrogens is 406 g/mol. The Bertz CT molecular complexity index is 981. The minimum Gasteiger partial charge on any atom is -0.489 e. The van der Waals surface area contributed by atoms with Crippen LogP contribution in [0.3, 0.4) is 0 Å². The fourth-order valence-electron chi connectivity index (χ4n) is 3.37. The number of amides is 1. The van der Waals surface area contributed by atoms with Crippen molar-refractivity contribution < 1.29 is 18.3 Å². The van der Waals surface area contributed by atoms with E-state index in [1.807, 2.05) is 16.3 Å². The molecule has 0 radical (unpaired) electrons. The van der Waals surface area contributed by atoms with Crippen molar-refractivity contribution in [3.05, 3.63) is 87.6 Å². The molecule has 4 rings (SSSR count). The summed E-state index contributed by atoms with van der Waals surface area (Å²) >= 11 is 1.41. The first-order chi connectivity index (χ1) is 14.6. The molecule has 1 saturated heterocycles. The molecule has 0 N–H and O–H groups in total. The Kier molecular flexibility index (Phi) is 6.40. The molecular formula is C23H22F2N2O2S. The highest BCUT2D eigenvalue weighted by Crippen LogP contribution is 2.21. The Morgan fingerprint density at radius 2 is 1.53 bits per heavy atom. The minimum absolute atomic E-state index is 0.0365. The second kappa shape index (κ2) is 9.36. The lowest BCUT2D eigenvalue weighted by atomic mass is 10.2. The molecule has 0 bridgehead atoms. The van der Waals surface area contributed by atoms with Crippen LogP contribution in [0.1, 0.15) is 20.8 Å². The first-order valence-corrected chi connectivity index (χ1v) is 10.7. The first kappa shape index (κ1) is 20.5. The molecule has 30 heavy (non-hydrogen) atoms. The maximum absolute atomic E-state index is 13.0. The SMILES string of the molecule is O=C(c1cc(COc2ccc(F)cc2)cs1)N1CCN(Cc2ccc(F)cc2)CC1. The van der Waals surface area contributed by atoms with Crippen LogP contribution in [0.2, 0.25) is 0 Å². The molecule has 0 unspecified atom stereocenters. The van der Waals surface area contributed by atoms with Gasteiger partial charge in [-0.1, -0.05) is 12.1 Å². The standard InChI is InChI=1S/C23H22F2N2O2S/c24-19-3-1-17(2-4-19)14-26-9-11-27(12-10-26)23(28)22-13-18(16-30-22)15-29-21-7-5-20(25)6-8-21/h1-8,13,16H,9-12,14-15H2. The van der Waals surface area contributed by atoms with E-state index in [-0.39, 0.29) is 17.5 Å². The predicted octanol–water partition coefficient (Wildman–Crippen LogP) is 4.56. The van der Waals surface area contributed by atoms with Crippen molar-refractivity contribution in [2.24, 2.45) is 0 Å². The number of carbonyl (C=O) groups is 1. The van der Waals surface area contributed by atoms with E-state index in [1.54, 1.807) is 24.3 Å². The summed E-state index contributed by atoms with van der Waals surface area (Å²) in [4.78, 5) is 17.7. The van der Waals surface area contributed by atoms with Gasteiger partial charge in [-0.05, 0) is 53.4 Å². The van der Waals surface area contributed by atoms with Crippen LogP contribution < -0.4 is 4.74 Å². The van der Waals surface area contributed by atoms with Gasteiger partial charge in [-0.3, -0.25) is 9.69 Å². The third-order valence-electron chi connectivity index (χ3n) is 5.06. The van der Waals surface area contributed by atoms with Gasteiger partial charge in [0.2, 0.25) is 0 Å². The molecule has 0 atom stereocenters. The molecule has 2 heterocycles. The Morgan fingerprint density at radius 1 is 0.900 bits per heavy atom. The van der Waals surface area contributed by atoms with Crippen molar-refractivity contribution in [2.75, 3.05) is 26.2 Å². The van der Waals surface area contributed by atoms with Crippen molar-refractivity contribution in [3.8, 4) is 5.75 Å². The Labute approximate surface area is 178 Å². The second-order valence-corrected chi connectivity index (χ2v) is 8.17. The van der Waals surface area contributed by atoms with E-state index < -0.39 is 0 Å². The number of ether oxygens (including phenoxy) is 1. The molecule has 1 amide bonds. The van der Waals surface area contributed by atoms with Crippen LogP contribution in [0.25, 0.3) is 0 Å². The van der Waals surface area contributed by atoms with Crippen molar-refractivity contribution in [2.45, 2.75) is 13.2 Å². The van der Waals surface area contributed by atoms with E-state index in [1.165, 1.54) is 35.6 Å². The summed E-state index contributed by atoms with van der Waals surface area (Å²) in [5.74, 6) is 0.0956. The van der Waals surface area contributed by atoms with Gasteiger partial charge in [0.1, 0.15) is 24.0 Å². The van der Waals surface area contributed by atoms with Gasteiger partial charge in [0.05, 0.1) is 4.88 Å². The summed E-state index contributed by atoms with van der Waals surface area (Å²) < 4.78 is 31.6. The summed E-state index contributed by atoms with van der Waals surface area (Å²) in [5, 5.41) is 1.92. The molecule has 1 aliphatic heterocycles. The molecule has 1 aliphatic rings. The maximum Gasteiger partial charge on any atom is 0.264 e. The smallest absolute Gasteiger partial charge is 0.264 e. The topological polar surface area (TPSA) is 32.8 Å². The number of hydrogen-bond donors (Lipinski definition) is 0. The van der Waals surface area contributed by atoms with Crippen LogP contribution in [0.15, 0.2) is 60.0 Å². The third-order valence-corrected chi connectivity index (χ3v) is 6.03. The number of rotatable bonds is 6. The van der Waals surface area contributed by atoms with Crippen LogP contribution in [-0.4, -0.2) is 41.9 Å². The Morgan fingerprint density at radius 3 is 2.20 bits per heavy atom. The highest BCUT2D eigenvalue weighted by atomic mass is 32.1. The highest BCUT2D eigenvalue weighted by Gasteiger charge is 2.23. The molecule has 1 fully saturated rings. The summed E-state index contributed by atoms with van der Waals surface area (Å²) in [5.41, 5.74) is 1.99. The van der Waals surface area contributed by atoms with Crippen molar-refractivity contribution in [1.82, 2.24) is 9.80 Å². The Hall–Kier alpha value is -2.77. The van der Waals surface area contributed by atoms with Crippen LogP contribution >= 0.6 is 11.3 Å². The second-order valence-electron chi connectivity index (χ2n) is 7.26. The van der Waals surface area contributed by atoms with Gasteiger partial charge in [-0.2, -0.15) is 0 Å². The van der Waals surface area contributed by atoms with Gasteiger partial charge in [-0.15, -0.1) is 11.3 Å². The molecule has 1 aromatic heterocycles. The number of carbonyl (C=O) groups excluding carboxylic acids is 1. The maximum atomic E-state index is 13.0. The molecule has 0 saturated carbocycles. The fourth-order valence-corrected chi connectivity index (χ4v) is 4.24. The zero-order chi connectivity index (χ0) is 20.9. The first-order valence-electron chi connectivity index (χ1n) is 9.79. The van der Waals surface area contributed by atoms with Crippen LogP contribution in [0.5, 0.6) is 5.75 Å². The van der Waals surface area contributed by atoms with Crippen molar-refractivity contribution in [3.63, 3.8) is 0 Å². The molecule has 7 heteroatoms. The van der Waals surface area contributed by atoms with Gasteiger partial charge in [-0.25, -0.2) is 8.78 Å². The van der Waals surface area contributed by atoms with E-state index in [2.05, 4.69) is 4.90 Å². The fraction of sp³-hybridized carbons (Fsp3) is 0.261. The lowest BCUT2D eigenvalue weighted by Crippen LogP contribution is -2.48. The number of benzene rings is 2. The van der Waals surface area contributed by atoms with Gasteiger partial charge in [0, 0.05) is 38.3 Å². The van der Waals surface area contributed by atoms with Crippen LogP contribution in [-0.2, 0) is 13.2 Å². The van der Waals surface area contributed by atoms with E-state index in [9.17, 15) is 13.6 Å². The average Bonchev–Trinajstić information content (AvgIpc) is 3.24. The molecule has 0 spiro atoms. The van der Waals surface area contributed by atoms with Gasteiger partial charge in [0.25, 0.3) is 5.91 Å². The summed E-state index contributed by atoms with van der Waals surface area (Å²) in [6.07, 6.45) is 0. The lowest BCUT2D eigenvalue weighted by molar-refractivity contribution is 0.0633. The number of nitrogens with zero attached hydrogens (tertiary/aromatic N) is 2. The zero-order valence-corrected chi connectivity index (χ0v) is 17.2. The van der Waals surface area contributed by atoms with E-state index in [4.69, 9.17) is 4.74 Å². The van der Waals surface area contributed by atoms with E-state index in [0.29, 0.717) is 30.3 Å². The van der Waals surface area contributed by atoms with Crippen LogP contribution in [0.4, 0.5) is 8.78 Å². The molecule has 156 valence electrons. The normalized spacial score (nSPS) is 14.7. The quantitative estimate of drug-likeness (QED) is 0.577. The van der Waals surface area contributed by atoms with Crippen molar-refractivity contribution in [1.29, 1.82) is 0 Å². The summed E-state index contributed by atoms with van der Waals surface area (Å²) in [6, 6.07) is 14.3. The zero-order valence-electron chi connectivity index (χ0n) is 16.4. The Balaban J connectivity index is 1.27. The van der Waals surface area contributed by atoms with E-state index >= 15 is 0 Å². The summed E-state index contributed by atoms with van der Waals surface area (Å²) in [7, 11) is 0. The lowest BCUT2D eigenvalue weighted by Gasteiger charge is -2.34. The average molecular weight is 429 g/mol. The third kappa shape index (κ3) is 5.23. The molecule has 4 nitrogen and oxygen atoms in total. The molecule has 3 aromatic rings. The molecule has 0 aliphatic carbocycles. The van der Waals surface area contributed by atoms with E-state index in [0.717, 1.165) is 30.8 Å². The monoisotopic (exact) mass is 428 g/mol. The number of halogens is 2. The predicted molar refractivity (Wildman–Crippen MR) is 113 cm³/mol. The largest absolute Gasteiger partial charge is 0.489 e. The minimum atomic E-state index is -0.302. The number of piperazine rings is 1. The molecule has 2 aromatic carbocycles.